The zero-order valence-electron chi connectivity index (χ0n) is 7.49. The molecule has 1 N–H and O–H groups in total. The van der Waals surface area contributed by atoms with Crippen LogP contribution in [-0.4, -0.2) is 17.5 Å². The highest BCUT2D eigenvalue weighted by Crippen LogP contribution is 2.03. The van der Waals surface area contributed by atoms with Gasteiger partial charge in [0.15, 0.2) is 0 Å². The number of hydrogen-bond donors (Lipinski definition) is 2. The van der Waals surface area contributed by atoms with Crippen molar-refractivity contribution in [3.63, 3.8) is 0 Å². The monoisotopic (exact) mass is 218 g/mol. The van der Waals surface area contributed by atoms with Gasteiger partial charge in [0.25, 0.3) is 0 Å². The molecule has 1 aromatic rings. The Morgan fingerprint density at radius 2 is 1.77 bits per heavy atom. The van der Waals surface area contributed by atoms with E-state index >= 15 is 0 Å². The molecule has 0 atom stereocenters. The number of aliphatic hydroxyl groups excluding tert-OH is 1. The lowest BCUT2D eigenvalue weighted by Crippen LogP contribution is -1.81. The maximum absolute atomic E-state index is 8.16. The first-order valence-electron chi connectivity index (χ1n) is 4.23. The van der Waals surface area contributed by atoms with Crippen LogP contribution in [0.25, 0.3) is 0 Å². The van der Waals surface area contributed by atoms with Crippen LogP contribution in [0.3, 0.4) is 0 Å². The normalized spacial score (nSPS) is 8.85. The number of halogens is 1. The predicted molar refractivity (Wildman–Crippen MR) is 61.6 cm³/mol. The Morgan fingerprint density at radius 1 is 1.15 bits per heavy atom. The molecule has 0 heterocycles. The Hall–Kier alpha value is -0.180. The van der Waals surface area contributed by atoms with Crippen LogP contribution in [0.15, 0.2) is 30.3 Å². The first-order chi connectivity index (χ1) is 6.31. The van der Waals surface area contributed by atoms with Crippen LogP contribution in [0.2, 0.25) is 5.02 Å². The van der Waals surface area contributed by atoms with E-state index in [0.717, 1.165) is 23.6 Å². The molecule has 0 saturated heterocycles. The van der Waals surface area contributed by atoms with E-state index in [2.05, 4.69) is 12.6 Å². The summed E-state index contributed by atoms with van der Waals surface area (Å²) in [6.07, 6.45) is 1.92. The minimum atomic E-state index is 0.306. The fourth-order valence-corrected chi connectivity index (χ4v) is 1.01. The number of unbranched alkanes of at least 4 members (excludes halogenated alkanes) is 1. The van der Waals surface area contributed by atoms with Crippen molar-refractivity contribution in [3.8, 4) is 0 Å². The second kappa shape index (κ2) is 9.90. The summed E-state index contributed by atoms with van der Waals surface area (Å²) in [5, 5.41) is 8.96. The molecule has 0 amide bonds. The summed E-state index contributed by atoms with van der Waals surface area (Å²) in [6, 6.07) is 9.44. The van der Waals surface area contributed by atoms with E-state index in [0.29, 0.717) is 6.61 Å². The lowest BCUT2D eigenvalue weighted by molar-refractivity contribution is 0.287. The summed E-state index contributed by atoms with van der Waals surface area (Å²) in [4.78, 5) is 0. The van der Waals surface area contributed by atoms with Crippen molar-refractivity contribution >= 4 is 24.2 Å². The third kappa shape index (κ3) is 9.74. The molecule has 1 aromatic carbocycles. The summed E-state index contributed by atoms with van der Waals surface area (Å²) < 4.78 is 0. The van der Waals surface area contributed by atoms with Crippen molar-refractivity contribution in [2.24, 2.45) is 0 Å². The van der Waals surface area contributed by atoms with Gasteiger partial charge in [-0.05, 0) is 30.7 Å². The second-order valence-electron chi connectivity index (χ2n) is 2.45. The number of hydrogen-bond acceptors (Lipinski definition) is 2. The summed E-state index contributed by atoms with van der Waals surface area (Å²) in [7, 11) is 0. The quantitative estimate of drug-likeness (QED) is 0.591. The van der Waals surface area contributed by atoms with E-state index in [1.54, 1.807) is 0 Å². The fourth-order valence-electron chi connectivity index (χ4n) is 0.638. The van der Waals surface area contributed by atoms with Crippen LogP contribution in [0.1, 0.15) is 12.8 Å². The Morgan fingerprint density at radius 3 is 2.00 bits per heavy atom. The van der Waals surface area contributed by atoms with E-state index in [-0.39, 0.29) is 0 Å². The van der Waals surface area contributed by atoms with E-state index in [1.807, 2.05) is 30.3 Å². The van der Waals surface area contributed by atoms with Gasteiger partial charge in [0.1, 0.15) is 0 Å². The largest absolute Gasteiger partial charge is 0.396 e. The number of rotatable bonds is 3. The van der Waals surface area contributed by atoms with Crippen LogP contribution >= 0.6 is 24.2 Å². The topological polar surface area (TPSA) is 20.2 Å². The van der Waals surface area contributed by atoms with Gasteiger partial charge in [-0.25, -0.2) is 0 Å². The van der Waals surface area contributed by atoms with Gasteiger partial charge in [0.05, 0.1) is 0 Å². The number of aliphatic hydroxyl groups is 1. The zero-order chi connectivity index (χ0) is 9.94. The molecule has 13 heavy (non-hydrogen) atoms. The lowest BCUT2D eigenvalue weighted by atomic mass is 10.4. The van der Waals surface area contributed by atoms with Gasteiger partial charge in [-0.3, -0.25) is 0 Å². The van der Waals surface area contributed by atoms with Crippen molar-refractivity contribution in [1.29, 1.82) is 0 Å². The number of thiol groups is 1. The molecule has 0 radical (unpaired) electrons. The molecule has 0 saturated carbocycles. The van der Waals surface area contributed by atoms with Crippen LogP contribution in [-0.2, 0) is 0 Å². The van der Waals surface area contributed by atoms with Crippen molar-refractivity contribution in [2.75, 3.05) is 12.4 Å². The van der Waals surface area contributed by atoms with Crippen LogP contribution in [0, 0.1) is 0 Å². The lowest BCUT2D eigenvalue weighted by Gasteiger charge is -1.85. The predicted octanol–water partition coefficient (Wildman–Crippen LogP) is 3.03. The smallest absolute Gasteiger partial charge is 0.0431 e. The van der Waals surface area contributed by atoms with Gasteiger partial charge in [-0.1, -0.05) is 29.8 Å². The van der Waals surface area contributed by atoms with E-state index in [9.17, 15) is 0 Å². The van der Waals surface area contributed by atoms with Gasteiger partial charge >= 0.3 is 0 Å². The summed E-state index contributed by atoms with van der Waals surface area (Å²) in [6.45, 7) is 0.306. The molecule has 3 heteroatoms. The van der Waals surface area contributed by atoms with E-state index < -0.39 is 0 Å². The molecule has 0 unspecified atom stereocenters. The van der Waals surface area contributed by atoms with Gasteiger partial charge in [-0.2, -0.15) is 12.6 Å². The Labute approximate surface area is 90.1 Å². The molecule has 74 valence electrons. The van der Waals surface area contributed by atoms with Crippen molar-refractivity contribution in [3.05, 3.63) is 35.4 Å². The van der Waals surface area contributed by atoms with Gasteiger partial charge in [0.2, 0.25) is 0 Å². The molecule has 0 bridgehead atoms. The molecule has 1 rings (SSSR count). The van der Waals surface area contributed by atoms with Crippen LogP contribution in [0.5, 0.6) is 0 Å². The molecule has 0 aliphatic carbocycles. The van der Waals surface area contributed by atoms with Gasteiger partial charge < -0.3 is 5.11 Å². The molecule has 0 aliphatic rings. The second-order valence-corrected chi connectivity index (χ2v) is 3.33. The molecule has 0 fully saturated rings. The molecule has 0 aliphatic heterocycles. The highest BCUT2D eigenvalue weighted by atomic mass is 35.5. The first-order valence-corrected chi connectivity index (χ1v) is 5.24. The third-order valence-corrected chi connectivity index (χ3v) is 1.87. The van der Waals surface area contributed by atoms with Crippen molar-refractivity contribution in [2.45, 2.75) is 12.8 Å². The summed E-state index contributed by atoms with van der Waals surface area (Å²) in [5.41, 5.74) is 0. The number of benzene rings is 1. The van der Waals surface area contributed by atoms with Crippen molar-refractivity contribution < 1.29 is 5.11 Å². The van der Waals surface area contributed by atoms with E-state index in [1.165, 1.54) is 0 Å². The first kappa shape index (κ1) is 12.8. The average molecular weight is 219 g/mol. The van der Waals surface area contributed by atoms with Gasteiger partial charge in [-0.15, -0.1) is 0 Å². The zero-order valence-corrected chi connectivity index (χ0v) is 9.14. The SMILES string of the molecule is Clc1ccccc1.OCCCCS. The Kier molecular flexibility index (Phi) is 9.77. The molecule has 0 spiro atoms. The third-order valence-electron chi connectivity index (χ3n) is 1.30. The summed E-state index contributed by atoms with van der Waals surface area (Å²) >= 11 is 9.48. The maximum Gasteiger partial charge on any atom is 0.0431 e. The van der Waals surface area contributed by atoms with Crippen LogP contribution in [0.4, 0.5) is 0 Å². The fraction of sp³-hybridized carbons (Fsp3) is 0.400. The molecule has 0 aromatic heterocycles. The van der Waals surface area contributed by atoms with E-state index in [4.69, 9.17) is 16.7 Å². The summed E-state index contributed by atoms with van der Waals surface area (Å²) in [5.74, 6) is 0.889. The minimum absolute atomic E-state index is 0.306. The average Bonchev–Trinajstić information content (AvgIpc) is 2.17. The minimum Gasteiger partial charge on any atom is -0.396 e. The molecule has 1 nitrogen and oxygen atoms in total. The molecular formula is C10H15ClOS. The van der Waals surface area contributed by atoms with Crippen molar-refractivity contribution in [1.82, 2.24) is 0 Å². The van der Waals surface area contributed by atoms with Gasteiger partial charge in [0, 0.05) is 11.6 Å². The highest BCUT2D eigenvalue weighted by molar-refractivity contribution is 7.80. The highest BCUT2D eigenvalue weighted by Gasteiger charge is 1.77. The Bertz CT molecular complexity index is 187. The van der Waals surface area contributed by atoms with Crippen LogP contribution < -0.4 is 0 Å². The maximum atomic E-state index is 8.16. The standard InChI is InChI=1S/C6H5Cl.C4H10OS/c7-6-4-2-1-3-5-6;5-3-1-2-4-6/h1-5H;5-6H,1-4H2. The Balaban J connectivity index is 0.000000226. The molecular weight excluding hydrogens is 204 g/mol.